The van der Waals surface area contributed by atoms with Crippen molar-refractivity contribution < 1.29 is 14.3 Å². The number of carbonyl (C=O) groups is 1. The first-order valence-corrected chi connectivity index (χ1v) is 6.55. The molecule has 6 heteroatoms. The number of carbonyl (C=O) groups excluding carboxylic acids is 1. The van der Waals surface area contributed by atoms with Crippen LogP contribution in [0, 0.1) is 0 Å². The number of para-hydroxylation sites is 1. The predicted molar refractivity (Wildman–Crippen MR) is 74.5 cm³/mol. The molecule has 1 aromatic carbocycles. The van der Waals surface area contributed by atoms with E-state index in [1.54, 1.807) is 0 Å². The van der Waals surface area contributed by atoms with Crippen LogP contribution < -0.4 is 10.5 Å². The van der Waals surface area contributed by atoms with E-state index in [1.165, 1.54) is 18.4 Å². The third-order valence-corrected chi connectivity index (χ3v) is 3.37. The number of aromatic nitrogens is 1. The van der Waals surface area contributed by atoms with E-state index < -0.39 is 5.97 Å². The Bertz CT molecular complexity index is 595. The minimum Gasteiger partial charge on any atom is -0.493 e. The van der Waals surface area contributed by atoms with Gasteiger partial charge in [0, 0.05) is 5.56 Å². The number of rotatable bonds is 4. The fourth-order valence-electron chi connectivity index (χ4n) is 1.69. The van der Waals surface area contributed by atoms with E-state index in [1.807, 2.05) is 31.2 Å². The van der Waals surface area contributed by atoms with Crippen molar-refractivity contribution in [3.05, 3.63) is 30.0 Å². The maximum atomic E-state index is 11.7. The van der Waals surface area contributed by atoms with Gasteiger partial charge in [0.2, 0.25) is 0 Å². The van der Waals surface area contributed by atoms with Crippen molar-refractivity contribution in [1.82, 2.24) is 4.98 Å². The Morgan fingerprint density at radius 3 is 2.84 bits per heavy atom. The average Bonchev–Trinajstić information content (AvgIpc) is 2.81. The number of anilines is 1. The van der Waals surface area contributed by atoms with Crippen molar-refractivity contribution in [3.8, 4) is 16.2 Å². The first-order chi connectivity index (χ1) is 9.17. The molecule has 0 saturated carbocycles. The Kier molecular flexibility index (Phi) is 4.01. The van der Waals surface area contributed by atoms with Crippen molar-refractivity contribution in [2.24, 2.45) is 0 Å². The lowest BCUT2D eigenvalue weighted by Crippen LogP contribution is -2.04. The smallest absolute Gasteiger partial charge is 0.358 e. The summed E-state index contributed by atoms with van der Waals surface area (Å²) in [6.45, 7) is 2.44. The first-order valence-electron chi connectivity index (χ1n) is 5.74. The molecule has 0 unspecified atom stereocenters. The third-order valence-electron chi connectivity index (χ3n) is 2.45. The number of nitrogens with two attached hydrogens (primary N) is 1. The molecule has 0 aliphatic carbocycles. The summed E-state index contributed by atoms with van der Waals surface area (Å²) in [5.41, 5.74) is 6.70. The standard InChI is InChI=1S/C13H14N2O3S/c1-3-18-9-7-5-4-6-8(9)11-10(12(16)17-2)15-13(14)19-11/h4-7H,3H2,1-2H3,(H2,14,15). The summed E-state index contributed by atoms with van der Waals surface area (Å²) in [7, 11) is 1.32. The summed E-state index contributed by atoms with van der Waals surface area (Å²) in [6.07, 6.45) is 0. The summed E-state index contributed by atoms with van der Waals surface area (Å²) < 4.78 is 10.3. The maximum absolute atomic E-state index is 11.7. The van der Waals surface area contributed by atoms with Gasteiger partial charge in [-0.3, -0.25) is 0 Å². The fraction of sp³-hybridized carbons (Fsp3) is 0.231. The van der Waals surface area contributed by atoms with Crippen LogP contribution in [0.1, 0.15) is 17.4 Å². The van der Waals surface area contributed by atoms with Gasteiger partial charge in [0.25, 0.3) is 0 Å². The molecule has 19 heavy (non-hydrogen) atoms. The van der Waals surface area contributed by atoms with E-state index in [2.05, 4.69) is 4.98 Å². The largest absolute Gasteiger partial charge is 0.493 e. The van der Waals surface area contributed by atoms with Crippen molar-refractivity contribution in [2.45, 2.75) is 6.92 Å². The van der Waals surface area contributed by atoms with Crippen LogP contribution in [0.4, 0.5) is 5.13 Å². The monoisotopic (exact) mass is 278 g/mol. The van der Waals surface area contributed by atoms with Crippen LogP contribution in [0.3, 0.4) is 0 Å². The zero-order valence-corrected chi connectivity index (χ0v) is 11.5. The summed E-state index contributed by atoms with van der Waals surface area (Å²) in [4.78, 5) is 16.4. The second-order valence-corrected chi connectivity index (χ2v) is 4.68. The molecule has 0 aliphatic heterocycles. The SMILES string of the molecule is CCOc1ccccc1-c1sc(N)nc1C(=O)OC. The maximum Gasteiger partial charge on any atom is 0.358 e. The molecule has 5 nitrogen and oxygen atoms in total. The Hall–Kier alpha value is -2.08. The van der Waals surface area contributed by atoms with E-state index in [9.17, 15) is 4.79 Å². The van der Waals surface area contributed by atoms with Crippen molar-refractivity contribution in [2.75, 3.05) is 19.5 Å². The highest BCUT2D eigenvalue weighted by Gasteiger charge is 2.21. The molecule has 0 saturated heterocycles. The topological polar surface area (TPSA) is 74.4 Å². The molecule has 1 aromatic heterocycles. The molecular formula is C13H14N2O3S. The molecule has 0 fully saturated rings. The lowest BCUT2D eigenvalue weighted by Gasteiger charge is -2.08. The van der Waals surface area contributed by atoms with Gasteiger partial charge < -0.3 is 15.2 Å². The molecule has 2 rings (SSSR count). The van der Waals surface area contributed by atoms with E-state index in [4.69, 9.17) is 15.2 Å². The van der Waals surface area contributed by atoms with E-state index in [0.717, 1.165) is 5.56 Å². The van der Waals surface area contributed by atoms with E-state index >= 15 is 0 Å². The summed E-state index contributed by atoms with van der Waals surface area (Å²) in [5.74, 6) is 0.188. The van der Waals surface area contributed by atoms with Gasteiger partial charge >= 0.3 is 5.97 Å². The van der Waals surface area contributed by atoms with Crippen LogP contribution in [0.25, 0.3) is 10.4 Å². The number of esters is 1. The Balaban J connectivity index is 2.55. The van der Waals surface area contributed by atoms with Gasteiger partial charge in [0.05, 0.1) is 18.6 Å². The van der Waals surface area contributed by atoms with Crippen LogP contribution >= 0.6 is 11.3 Å². The molecule has 0 spiro atoms. The van der Waals surface area contributed by atoms with Crippen LogP contribution in [0.15, 0.2) is 24.3 Å². The molecule has 0 aliphatic rings. The van der Waals surface area contributed by atoms with Crippen molar-refractivity contribution in [3.63, 3.8) is 0 Å². The minimum atomic E-state index is -0.505. The number of benzene rings is 1. The predicted octanol–water partition coefficient (Wildman–Crippen LogP) is 2.58. The number of methoxy groups -OCH3 is 1. The lowest BCUT2D eigenvalue weighted by molar-refractivity contribution is 0.0596. The zero-order valence-electron chi connectivity index (χ0n) is 10.7. The fourth-order valence-corrected chi connectivity index (χ4v) is 2.54. The minimum absolute atomic E-state index is 0.220. The van der Waals surface area contributed by atoms with E-state index in [-0.39, 0.29) is 5.69 Å². The molecule has 100 valence electrons. The summed E-state index contributed by atoms with van der Waals surface area (Å²) >= 11 is 1.24. The van der Waals surface area contributed by atoms with Gasteiger partial charge in [-0.15, -0.1) is 0 Å². The van der Waals surface area contributed by atoms with Crippen LogP contribution in [-0.4, -0.2) is 24.7 Å². The van der Waals surface area contributed by atoms with E-state index in [0.29, 0.717) is 22.4 Å². The average molecular weight is 278 g/mol. The van der Waals surface area contributed by atoms with Gasteiger partial charge in [-0.1, -0.05) is 23.5 Å². The van der Waals surface area contributed by atoms with Crippen LogP contribution in [-0.2, 0) is 4.74 Å². The van der Waals surface area contributed by atoms with Crippen molar-refractivity contribution >= 4 is 22.4 Å². The number of nitrogens with zero attached hydrogens (tertiary/aromatic N) is 1. The molecular weight excluding hydrogens is 264 g/mol. The first kappa shape index (κ1) is 13.4. The van der Waals surface area contributed by atoms with Gasteiger partial charge in [-0.25, -0.2) is 9.78 Å². The molecule has 0 atom stereocenters. The molecule has 0 amide bonds. The van der Waals surface area contributed by atoms with Crippen molar-refractivity contribution in [1.29, 1.82) is 0 Å². The summed E-state index contributed by atoms with van der Waals surface area (Å²) in [5, 5.41) is 0.321. The second-order valence-electron chi connectivity index (χ2n) is 3.65. The number of hydrogen-bond donors (Lipinski definition) is 1. The Morgan fingerprint density at radius 2 is 2.16 bits per heavy atom. The quantitative estimate of drug-likeness (QED) is 0.870. The zero-order chi connectivity index (χ0) is 13.8. The van der Waals surface area contributed by atoms with Gasteiger partial charge in [0.15, 0.2) is 10.8 Å². The molecule has 1 heterocycles. The van der Waals surface area contributed by atoms with Gasteiger partial charge in [-0.05, 0) is 19.1 Å². The highest BCUT2D eigenvalue weighted by Crippen LogP contribution is 2.37. The Morgan fingerprint density at radius 1 is 1.42 bits per heavy atom. The number of thiazole rings is 1. The normalized spacial score (nSPS) is 10.2. The Labute approximate surface area is 115 Å². The third kappa shape index (κ3) is 2.68. The highest BCUT2D eigenvalue weighted by molar-refractivity contribution is 7.19. The van der Waals surface area contributed by atoms with Crippen LogP contribution in [0.2, 0.25) is 0 Å². The molecule has 0 radical (unpaired) electrons. The number of nitrogen functional groups attached to an aromatic ring is 1. The second kappa shape index (κ2) is 5.71. The molecule has 0 bridgehead atoms. The lowest BCUT2D eigenvalue weighted by atomic mass is 10.1. The number of hydrogen-bond acceptors (Lipinski definition) is 6. The van der Waals surface area contributed by atoms with Crippen LogP contribution in [0.5, 0.6) is 5.75 Å². The van der Waals surface area contributed by atoms with Gasteiger partial charge in [0.1, 0.15) is 5.75 Å². The van der Waals surface area contributed by atoms with Gasteiger partial charge in [-0.2, -0.15) is 0 Å². The molecule has 2 N–H and O–H groups in total. The molecule has 2 aromatic rings. The highest BCUT2D eigenvalue weighted by atomic mass is 32.1. The summed E-state index contributed by atoms with van der Waals surface area (Å²) in [6, 6.07) is 7.45. The number of ether oxygens (including phenoxy) is 2.